The number of halogens is 2. The molecule has 4 heteroatoms. The molecule has 0 fully saturated rings. The molecule has 9 aromatic carbocycles. The molecule has 250 valence electrons. The SMILES string of the molecule is C[Si](c1ccccc1)=[Hf]([Cl])[Cl].Cc1cc2c(-c3cccc4ccccc34)cccc2[cH-]1.Cc1cc2c(-c3cccc4ccccc34)cccc2[cH-]1. The van der Waals surface area contributed by atoms with Gasteiger partial charge in [-0.1, -0.05) is 122 Å². The van der Waals surface area contributed by atoms with Gasteiger partial charge < -0.3 is 0 Å². The molecule has 0 saturated heterocycles. The Bertz CT molecular complexity index is 2480. The van der Waals surface area contributed by atoms with Crippen molar-refractivity contribution in [3.8, 4) is 22.3 Å². The first-order chi connectivity index (χ1) is 24.9. The molecular weight excluding hydrogens is 842 g/mol. The monoisotopic (exact) mass is 880 g/mol. The molecule has 0 amide bonds. The van der Waals surface area contributed by atoms with Gasteiger partial charge in [-0.2, -0.15) is 12.1 Å². The molecule has 0 aliphatic carbocycles. The maximum Gasteiger partial charge on any atom is -0.0114 e. The predicted molar refractivity (Wildman–Crippen MR) is 224 cm³/mol. The van der Waals surface area contributed by atoms with Crippen molar-refractivity contribution >= 4 is 70.9 Å². The predicted octanol–water partition coefficient (Wildman–Crippen LogP) is 13.8. The molecule has 0 N–H and O–H groups in total. The van der Waals surface area contributed by atoms with Crippen molar-refractivity contribution in [2.45, 2.75) is 20.4 Å². The molecule has 0 nitrogen and oxygen atoms in total. The molecule has 0 radical (unpaired) electrons. The largest absolute Gasteiger partial charge is 0.165 e. The van der Waals surface area contributed by atoms with Gasteiger partial charge in [-0.3, -0.25) is 0 Å². The van der Waals surface area contributed by atoms with Gasteiger partial charge in [0.1, 0.15) is 0 Å². The zero-order valence-corrected chi connectivity index (χ0v) is 35.1. The first kappa shape index (κ1) is 35.4. The summed E-state index contributed by atoms with van der Waals surface area (Å²) >= 11 is -2.10. The van der Waals surface area contributed by atoms with Crippen molar-refractivity contribution in [3.63, 3.8) is 0 Å². The molecule has 9 aromatic rings. The third-order valence-electron chi connectivity index (χ3n) is 9.44. The minimum absolute atomic E-state index is 0.540. The smallest absolute Gasteiger partial charge is 0.0114 e. The fourth-order valence-corrected chi connectivity index (χ4v) is 17.4. The maximum absolute atomic E-state index is 5.99. The second-order valence-corrected chi connectivity index (χ2v) is 41.8. The van der Waals surface area contributed by atoms with Crippen molar-refractivity contribution in [1.29, 1.82) is 0 Å². The Kier molecular flexibility index (Phi) is 11.2. The van der Waals surface area contributed by atoms with Gasteiger partial charge in [-0.25, -0.2) is 0 Å². The molecular formula is C47H38Cl2HfSi-2. The van der Waals surface area contributed by atoms with Crippen LogP contribution in [0.15, 0.2) is 176 Å². The van der Waals surface area contributed by atoms with Crippen LogP contribution in [0.1, 0.15) is 11.1 Å². The van der Waals surface area contributed by atoms with Crippen LogP contribution in [0.5, 0.6) is 0 Å². The zero-order chi connectivity index (χ0) is 35.3. The van der Waals surface area contributed by atoms with Gasteiger partial charge in [0.05, 0.1) is 0 Å². The molecule has 51 heavy (non-hydrogen) atoms. The molecule has 0 bridgehead atoms. The Hall–Kier alpha value is -4.05. The first-order valence-corrected chi connectivity index (χ1v) is 33.5. The van der Waals surface area contributed by atoms with E-state index in [2.05, 4.69) is 178 Å². The van der Waals surface area contributed by atoms with Gasteiger partial charge in [0.2, 0.25) is 0 Å². The Labute approximate surface area is 315 Å². The van der Waals surface area contributed by atoms with Crippen LogP contribution < -0.4 is 5.19 Å². The van der Waals surface area contributed by atoms with E-state index >= 15 is 0 Å². The zero-order valence-electron chi connectivity index (χ0n) is 29.0. The van der Waals surface area contributed by atoms with Crippen molar-refractivity contribution in [1.82, 2.24) is 0 Å². The van der Waals surface area contributed by atoms with E-state index in [4.69, 9.17) is 17.2 Å². The fraction of sp³-hybridized carbons (Fsp3) is 0.0638. The number of hydrogen-bond acceptors (Lipinski definition) is 0. The summed E-state index contributed by atoms with van der Waals surface area (Å²) < 4.78 is 0. The Morgan fingerprint density at radius 3 is 1.25 bits per heavy atom. The van der Waals surface area contributed by atoms with Gasteiger partial charge in [0.25, 0.3) is 0 Å². The summed E-state index contributed by atoms with van der Waals surface area (Å²) in [7, 11) is 12.0. The summed E-state index contributed by atoms with van der Waals surface area (Å²) in [4.78, 5) is 0. The molecule has 0 spiro atoms. The van der Waals surface area contributed by atoms with E-state index in [0.717, 1.165) is 0 Å². The van der Waals surface area contributed by atoms with Crippen LogP contribution in [-0.2, 0) is 17.7 Å². The Morgan fingerprint density at radius 2 is 0.804 bits per heavy atom. The normalized spacial score (nSPS) is 10.8. The van der Waals surface area contributed by atoms with Crippen LogP contribution in [0, 0.1) is 13.8 Å². The third kappa shape index (κ3) is 7.91. The topological polar surface area (TPSA) is 0 Å². The Balaban J connectivity index is 0.000000125. The minimum atomic E-state index is -2.10. The molecule has 9 rings (SSSR count). The van der Waals surface area contributed by atoms with Crippen LogP contribution in [0.25, 0.3) is 65.3 Å². The van der Waals surface area contributed by atoms with Crippen molar-refractivity contribution in [2.24, 2.45) is 0 Å². The van der Waals surface area contributed by atoms with Crippen LogP contribution >= 0.6 is 17.2 Å². The van der Waals surface area contributed by atoms with Gasteiger partial charge >= 0.3 is 82.4 Å². The molecule has 0 aliphatic rings. The number of benzene rings is 7. The van der Waals surface area contributed by atoms with Crippen molar-refractivity contribution in [2.75, 3.05) is 0 Å². The Morgan fingerprint density at radius 1 is 0.431 bits per heavy atom. The van der Waals surface area contributed by atoms with E-state index in [1.165, 1.54) is 81.7 Å². The minimum Gasteiger partial charge on any atom is -0.165 e. The summed E-state index contributed by atoms with van der Waals surface area (Å²) in [5, 5.41) is 12.0. The summed E-state index contributed by atoms with van der Waals surface area (Å²) in [5.41, 5.74) is 7.40. The summed E-state index contributed by atoms with van der Waals surface area (Å²) in [6.07, 6.45) is 0. The van der Waals surface area contributed by atoms with Gasteiger partial charge in [0, 0.05) is 0 Å². The van der Waals surface area contributed by atoms with E-state index in [0.29, 0.717) is 0 Å². The number of rotatable bonds is 3. The van der Waals surface area contributed by atoms with E-state index in [9.17, 15) is 0 Å². The molecule has 0 heterocycles. The van der Waals surface area contributed by atoms with E-state index in [1.54, 1.807) is 0 Å². The molecule has 0 aliphatic heterocycles. The summed E-state index contributed by atoms with van der Waals surface area (Å²) in [5.74, 6) is 0. The summed E-state index contributed by atoms with van der Waals surface area (Å²) in [6.45, 7) is 6.53. The number of aryl methyl sites for hydroxylation is 2. The van der Waals surface area contributed by atoms with Crippen LogP contribution in [0.2, 0.25) is 6.55 Å². The molecule has 0 atom stereocenters. The average molecular weight is 880 g/mol. The van der Waals surface area contributed by atoms with Crippen molar-refractivity contribution in [3.05, 3.63) is 187 Å². The molecule has 0 aromatic heterocycles. The van der Waals surface area contributed by atoms with Crippen LogP contribution in [0.4, 0.5) is 0 Å². The van der Waals surface area contributed by atoms with E-state index < -0.39 is 23.2 Å². The van der Waals surface area contributed by atoms with Crippen molar-refractivity contribution < 1.29 is 17.7 Å². The molecule has 0 unspecified atom stereocenters. The van der Waals surface area contributed by atoms with Crippen LogP contribution in [-0.4, -0.2) is 5.49 Å². The quantitative estimate of drug-likeness (QED) is 0.123. The van der Waals surface area contributed by atoms with Gasteiger partial charge in [0.15, 0.2) is 0 Å². The summed E-state index contributed by atoms with van der Waals surface area (Å²) in [6, 6.07) is 62.9. The number of hydrogen-bond donors (Lipinski definition) is 0. The van der Waals surface area contributed by atoms with Gasteiger partial charge in [-0.15, -0.1) is 69.1 Å². The first-order valence-electron chi connectivity index (χ1n) is 17.2. The second kappa shape index (κ2) is 16.1. The average Bonchev–Trinajstić information content (AvgIpc) is 3.75. The third-order valence-corrected chi connectivity index (χ3v) is 34.4. The standard InChI is InChI=1S/2C20H15.C7H8Si.2ClH.Hf/c2*1-14-12-16-8-5-11-19(20(16)13-14)18-10-4-7-15-6-2-3-9-17(15)18;1-8-7-5-3-2-4-6-7;;;/h2*2-13H,1H3;2-6H,1H3;2*1H;/q2*-1;;;;+2/p-2. The second-order valence-electron chi connectivity index (χ2n) is 13.0. The van der Waals surface area contributed by atoms with E-state index in [1.807, 2.05) is 18.2 Å². The van der Waals surface area contributed by atoms with Crippen LogP contribution in [0.3, 0.4) is 0 Å². The number of fused-ring (bicyclic) bond motifs is 4. The maximum atomic E-state index is 5.99. The van der Waals surface area contributed by atoms with Gasteiger partial charge in [-0.05, 0) is 32.7 Å². The molecule has 0 saturated carbocycles. The van der Waals surface area contributed by atoms with E-state index in [-0.39, 0.29) is 0 Å². The fourth-order valence-electron chi connectivity index (χ4n) is 6.96.